The SMILES string of the molecule is C/C=C\C1=C(C)OC2C=CC=CC2C12c1ccccc1-c1cc(N(c3ccccc3-c3ccccc3)c3cccc4c3C3=C(C=CCC3)C43c4ccccc4Oc4ccccc43)ccc12. The molecule has 312 valence electrons. The number of ether oxygens (including phenoxy) is 2. The zero-order valence-corrected chi connectivity index (χ0v) is 36.5. The van der Waals surface area contributed by atoms with Gasteiger partial charge >= 0.3 is 0 Å². The number of rotatable bonds is 5. The minimum absolute atomic E-state index is 0.0753. The van der Waals surface area contributed by atoms with Gasteiger partial charge < -0.3 is 14.4 Å². The van der Waals surface area contributed by atoms with Gasteiger partial charge in [0.05, 0.1) is 28.0 Å². The third-order valence-corrected chi connectivity index (χ3v) is 15.0. The van der Waals surface area contributed by atoms with Crippen LogP contribution in [-0.4, -0.2) is 6.10 Å². The molecule has 2 aliphatic heterocycles. The molecule has 7 aromatic rings. The number of hydrogen-bond acceptors (Lipinski definition) is 3. The summed E-state index contributed by atoms with van der Waals surface area (Å²) < 4.78 is 13.5. The van der Waals surface area contributed by atoms with Gasteiger partial charge in [-0.25, -0.2) is 0 Å². The molecule has 0 N–H and O–H groups in total. The van der Waals surface area contributed by atoms with Crippen molar-refractivity contribution in [3.63, 3.8) is 0 Å². The van der Waals surface area contributed by atoms with Crippen LogP contribution in [0.3, 0.4) is 0 Å². The van der Waals surface area contributed by atoms with Crippen LogP contribution in [0.5, 0.6) is 11.5 Å². The van der Waals surface area contributed by atoms with Crippen LogP contribution in [0.25, 0.3) is 27.8 Å². The molecule has 0 fully saturated rings. The minimum Gasteiger partial charge on any atom is -0.490 e. The van der Waals surface area contributed by atoms with E-state index in [1.807, 2.05) is 0 Å². The molecule has 2 spiro atoms. The molecular formula is C62H47NO2. The maximum Gasteiger partial charge on any atom is 0.132 e. The van der Waals surface area contributed by atoms with Gasteiger partial charge in [-0.1, -0.05) is 170 Å². The number of para-hydroxylation sites is 3. The first-order chi connectivity index (χ1) is 32.1. The molecular weight excluding hydrogens is 791 g/mol. The number of fused-ring (bicyclic) bond motifs is 15. The summed E-state index contributed by atoms with van der Waals surface area (Å²) in [5, 5.41) is 0. The Bertz CT molecular complexity index is 3280. The molecule has 0 radical (unpaired) electrons. The number of benzene rings is 7. The van der Waals surface area contributed by atoms with E-state index in [4.69, 9.17) is 9.47 Å². The Labute approximate surface area is 381 Å². The Hall–Kier alpha value is -7.62. The van der Waals surface area contributed by atoms with Crippen LogP contribution in [0.15, 0.2) is 229 Å². The molecule has 0 bridgehead atoms. The van der Waals surface area contributed by atoms with Crippen LogP contribution in [-0.2, 0) is 15.6 Å². The molecule has 0 saturated carbocycles. The van der Waals surface area contributed by atoms with E-state index in [9.17, 15) is 0 Å². The molecule has 3 nitrogen and oxygen atoms in total. The van der Waals surface area contributed by atoms with Gasteiger partial charge in [-0.15, -0.1) is 0 Å². The summed E-state index contributed by atoms with van der Waals surface area (Å²) in [6.45, 7) is 4.27. The highest BCUT2D eigenvalue weighted by Crippen LogP contribution is 2.66. The van der Waals surface area contributed by atoms with Crippen LogP contribution >= 0.6 is 0 Å². The Morgan fingerprint density at radius 2 is 1.28 bits per heavy atom. The van der Waals surface area contributed by atoms with Gasteiger partial charge in [0.2, 0.25) is 0 Å². The van der Waals surface area contributed by atoms with Gasteiger partial charge in [-0.3, -0.25) is 0 Å². The van der Waals surface area contributed by atoms with Crippen molar-refractivity contribution >= 4 is 22.6 Å². The Balaban J connectivity index is 1.11. The molecule has 4 aliphatic carbocycles. The van der Waals surface area contributed by atoms with Crippen molar-refractivity contribution in [1.82, 2.24) is 0 Å². The predicted octanol–water partition coefficient (Wildman–Crippen LogP) is 15.6. The average Bonchev–Trinajstić information content (AvgIpc) is 3.82. The quantitative estimate of drug-likeness (QED) is 0.172. The lowest BCUT2D eigenvalue weighted by Gasteiger charge is -2.47. The zero-order chi connectivity index (χ0) is 43.3. The molecule has 3 heteroatoms. The first-order valence-corrected chi connectivity index (χ1v) is 23.1. The maximum atomic E-state index is 6.75. The summed E-state index contributed by atoms with van der Waals surface area (Å²) >= 11 is 0. The lowest BCUT2D eigenvalue weighted by Crippen LogP contribution is -2.46. The van der Waals surface area contributed by atoms with Crippen molar-refractivity contribution in [3.8, 4) is 33.8 Å². The van der Waals surface area contributed by atoms with Crippen molar-refractivity contribution in [2.75, 3.05) is 4.90 Å². The van der Waals surface area contributed by atoms with E-state index < -0.39 is 10.8 Å². The minimum atomic E-state index is -0.550. The molecule has 0 saturated heterocycles. The van der Waals surface area contributed by atoms with Crippen molar-refractivity contribution in [2.45, 2.75) is 43.6 Å². The Morgan fingerprint density at radius 3 is 2.08 bits per heavy atom. The number of nitrogens with zero attached hydrogens (tertiary/aromatic N) is 1. The van der Waals surface area contributed by atoms with E-state index in [0.29, 0.717) is 0 Å². The molecule has 13 rings (SSSR count). The predicted molar refractivity (Wildman–Crippen MR) is 265 cm³/mol. The van der Waals surface area contributed by atoms with Gasteiger partial charge in [0.15, 0.2) is 0 Å². The first-order valence-electron chi connectivity index (χ1n) is 23.1. The number of allylic oxidation sites excluding steroid dienone is 10. The van der Waals surface area contributed by atoms with Crippen molar-refractivity contribution < 1.29 is 9.47 Å². The van der Waals surface area contributed by atoms with Crippen LogP contribution in [0.4, 0.5) is 17.1 Å². The summed E-state index contributed by atoms with van der Waals surface area (Å²) in [5.74, 6) is 2.88. The smallest absolute Gasteiger partial charge is 0.132 e. The third kappa shape index (κ3) is 5.12. The summed E-state index contributed by atoms with van der Waals surface area (Å²) in [4.78, 5) is 2.57. The monoisotopic (exact) mass is 837 g/mol. The topological polar surface area (TPSA) is 21.7 Å². The van der Waals surface area contributed by atoms with E-state index in [2.05, 4.69) is 231 Å². The first kappa shape index (κ1) is 37.9. The van der Waals surface area contributed by atoms with Crippen LogP contribution in [0.2, 0.25) is 0 Å². The zero-order valence-electron chi connectivity index (χ0n) is 36.5. The van der Waals surface area contributed by atoms with E-state index in [-0.39, 0.29) is 12.0 Å². The third-order valence-electron chi connectivity index (χ3n) is 15.0. The van der Waals surface area contributed by atoms with E-state index in [1.54, 1.807) is 0 Å². The van der Waals surface area contributed by atoms with E-state index in [0.717, 1.165) is 41.5 Å². The maximum absolute atomic E-state index is 6.75. The fourth-order valence-electron chi connectivity index (χ4n) is 12.6. The van der Waals surface area contributed by atoms with E-state index in [1.165, 1.54) is 78.0 Å². The average molecular weight is 838 g/mol. The summed E-state index contributed by atoms with van der Waals surface area (Å²) in [6.07, 6.45) is 20.1. The molecule has 6 aliphatic rings. The van der Waals surface area contributed by atoms with Crippen molar-refractivity contribution in [1.29, 1.82) is 0 Å². The Kier molecular flexibility index (Phi) is 8.43. The second-order valence-electron chi connectivity index (χ2n) is 18.0. The lowest BCUT2D eigenvalue weighted by atomic mass is 9.59. The molecule has 3 unspecified atom stereocenters. The highest BCUT2D eigenvalue weighted by molar-refractivity contribution is 6.00. The normalized spacial score (nSPS) is 21.0. The number of hydrogen-bond donors (Lipinski definition) is 0. The molecule has 2 heterocycles. The van der Waals surface area contributed by atoms with Gasteiger partial charge in [-0.2, -0.15) is 0 Å². The number of anilines is 3. The highest BCUT2D eigenvalue weighted by atomic mass is 16.5. The van der Waals surface area contributed by atoms with E-state index >= 15 is 0 Å². The highest BCUT2D eigenvalue weighted by Gasteiger charge is 2.56. The van der Waals surface area contributed by atoms with Crippen molar-refractivity contribution in [2.24, 2.45) is 5.92 Å². The van der Waals surface area contributed by atoms with Crippen LogP contribution in [0.1, 0.15) is 60.1 Å². The molecule has 65 heavy (non-hydrogen) atoms. The van der Waals surface area contributed by atoms with Gasteiger partial charge in [0.1, 0.15) is 17.6 Å². The van der Waals surface area contributed by atoms with Gasteiger partial charge in [-0.05, 0) is 114 Å². The fourth-order valence-corrected chi connectivity index (χ4v) is 12.6. The van der Waals surface area contributed by atoms with Crippen LogP contribution in [0, 0.1) is 5.92 Å². The summed E-state index contributed by atoms with van der Waals surface area (Å²) in [5.41, 5.74) is 18.9. The molecule has 3 atom stereocenters. The fraction of sp³-hybridized carbons (Fsp3) is 0.129. The molecule has 0 amide bonds. The second kappa shape index (κ2) is 14.5. The standard InChI is InChI=1S/C62H47NO2/c1-3-20-47-40(2)64-57-34-16-12-28-51(57)61(47)48-26-10-7-24-44(48)46-39-42(37-38-50(46)61)63(55-32-15-9-23-43(55)41-21-5-4-6-22-41)56-33-19-31-54-60(56)45-25-8-11-27-49(45)62(54)52-29-13-17-35-58(52)65-59-36-18-14-30-53(59)62/h3-7,9-24,26-39,51,57H,8,25H2,1-2H3/b20-3-. The molecule has 0 aromatic heterocycles. The van der Waals surface area contributed by atoms with Gasteiger partial charge in [0, 0.05) is 39.4 Å². The second-order valence-corrected chi connectivity index (χ2v) is 18.0. The summed E-state index contributed by atoms with van der Waals surface area (Å²) in [7, 11) is 0. The Morgan fingerprint density at radius 1 is 0.615 bits per heavy atom. The summed E-state index contributed by atoms with van der Waals surface area (Å²) in [6, 6.07) is 60.6. The van der Waals surface area contributed by atoms with Crippen molar-refractivity contribution in [3.05, 3.63) is 263 Å². The lowest BCUT2D eigenvalue weighted by molar-refractivity contribution is 0.0729. The largest absolute Gasteiger partial charge is 0.490 e. The van der Waals surface area contributed by atoms with Crippen LogP contribution < -0.4 is 9.64 Å². The van der Waals surface area contributed by atoms with Gasteiger partial charge in [0.25, 0.3) is 0 Å². The molecule has 7 aromatic carbocycles.